The first kappa shape index (κ1) is 17.9. The number of nitrogens with one attached hydrogen (secondary N) is 2. The molecule has 0 spiro atoms. The van der Waals surface area contributed by atoms with Crippen LogP contribution in [0.2, 0.25) is 5.02 Å². The van der Waals surface area contributed by atoms with E-state index in [2.05, 4.69) is 10.6 Å². The molecule has 10 heteroatoms. The number of hydrogen-bond acceptors (Lipinski definition) is 6. The van der Waals surface area contributed by atoms with Gasteiger partial charge in [-0.05, 0) is 23.8 Å². The Balaban J connectivity index is 1.82. The van der Waals surface area contributed by atoms with E-state index in [4.69, 9.17) is 16.3 Å². The summed E-state index contributed by atoms with van der Waals surface area (Å²) >= 11 is 5.60. The summed E-state index contributed by atoms with van der Waals surface area (Å²) in [5.41, 5.74) is 0.334. The first-order chi connectivity index (χ1) is 12.3. The minimum absolute atomic E-state index is 0.0741. The molecule has 26 heavy (non-hydrogen) atoms. The second-order valence-electron chi connectivity index (χ2n) is 5.53. The fourth-order valence-electron chi connectivity index (χ4n) is 2.45. The van der Waals surface area contributed by atoms with Crippen molar-refractivity contribution in [3.8, 4) is 5.75 Å². The van der Waals surface area contributed by atoms with Gasteiger partial charge in [0.05, 0.1) is 27.8 Å². The molecule has 0 saturated heterocycles. The molecule has 2 aromatic rings. The third kappa shape index (κ3) is 3.68. The molecule has 0 saturated carbocycles. The zero-order chi connectivity index (χ0) is 18.8. The van der Waals surface area contributed by atoms with Gasteiger partial charge < -0.3 is 20.5 Å². The lowest BCUT2D eigenvalue weighted by atomic mass is 10.1. The van der Waals surface area contributed by atoms with E-state index in [0.717, 1.165) is 6.07 Å². The second-order valence-corrected chi connectivity index (χ2v) is 5.94. The summed E-state index contributed by atoms with van der Waals surface area (Å²) in [5, 5.41) is 26.6. The maximum atomic E-state index is 13.5. The molecule has 0 aliphatic carbocycles. The minimum Gasteiger partial charge on any atom is -0.481 e. The molecular formula is C16H13ClFN3O5. The van der Waals surface area contributed by atoms with Crippen molar-refractivity contribution in [2.75, 3.05) is 23.8 Å². The first-order valence-electron chi connectivity index (χ1n) is 7.47. The van der Waals surface area contributed by atoms with E-state index in [0.29, 0.717) is 0 Å². The standard InChI is InChI=1S/C16H13ClFN3O5/c17-9-2-1-8(3-10(9)18)14(22)6-19-11-4-12-15(5-13(11)21(24)25)26-7-16(23)20-12/h1-5,14,19,22H,6-7H2,(H,20,23). The van der Waals surface area contributed by atoms with Crippen LogP contribution >= 0.6 is 11.6 Å². The van der Waals surface area contributed by atoms with Gasteiger partial charge in [-0.1, -0.05) is 17.7 Å². The molecule has 1 heterocycles. The molecular weight excluding hydrogens is 369 g/mol. The third-order valence-corrected chi connectivity index (χ3v) is 4.05. The van der Waals surface area contributed by atoms with Crippen molar-refractivity contribution >= 4 is 34.6 Å². The van der Waals surface area contributed by atoms with Crippen LogP contribution in [-0.4, -0.2) is 29.1 Å². The molecule has 136 valence electrons. The number of amides is 1. The quantitative estimate of drug-likeness (QED) is 0.542. The van der Waals surface area contributed by atoms with E-state index in [9.17, 15) is 24.4 Å². The maximum Gasteiger partial charge on any atom is 0.296 e. The Hall–Kier alpha value is -2.91. The topological polar surface area (TPSA) is 114 Å². The second kappa shape index (κ2) is 7.14. The number of ether oxygens (including phenoxy) is 1. The van der Waals surface area contributed by atoms with E-state index >= 15 is 0 Å². The first-order valence-corrected chi connectivity index (χ1v) is 7.85. The van der Waals surface area contributed by atoms with Gasteiger partial charge in [0.2, 0.25) is 0 Å². The molecule has 1 atom stereocenters. The highest BCUT2D eigenvalue weighted by Crippen LogP contribution is 2.38. The normalized spacial score (nSPS) is 14.0. The number of nitro benzene ring substituents is 1. The van der Waals surface area contributed by atoms with E-state index in [-0.39, 0.29) is 52.5 Å². The molecule has 1 aliphatic rings. The number of halogens is 2. The molecule has 0 radical (unpaired) electrons. The van der Waals surface area contributed by atoms with E-state index in [1.807, 2.05) is 0 Å². The Labute approximate surface area is 151 Å². The lowest BCUT2D eigenvalue weighted by Gasteiger charge is -2.20. The van der Waals surface area contributed by atoms with Crippen molar-refractivity contribution in [1.82, 2.24) is 0 Å². The van der Waals surface area contributed by atoms with Gasteiger partial charge in [-0.25, -0.2) is 4.39 Å². The molecule has 2 aromatic carbocycles. The number of rotatable bonds is 5. The van der Waals surface area contributed by atoms with Crippen LogP contribution in [0.3, 0.4) is 0 Å². The summed E-state index contributed by atoms with van der Waals surface area (Å²) in [6, 6.07) is 6.38. The van der Waals surface area contributed by atoms with Crippen molar-refractivity contribution in [2.45, 2.75) is 6.10 Å². The van der Waals surface area contributed by atoms with Crippen LogP contribution in [0.4, 0.5) is 21.5 Å². The number of aliphatic hydroxyl groups is 1. The zero-order valence-electron chi connectivity index (χ0n) is 13.2. The Bertz CT molecular complexity index is 892. The molecule has 0 aromatic heterocycles. The summed E-state index contributed by atoms with van der Waals surface area (Å²) in [4.78, 5) is 22.0. The van der Waals surface area contributed by atoms with Gasteiger partial charge in [0.15, 0.2) is 12.4 Å². The average molecular weight is 382 g/mol. The maximum absolute atomic E-state index is 13.5. The molecule has 0 bridgehead atoms. The van der Waals surface area contributed by atoms with Gasteiger partial charge in [-0.2, -0.15) is 0 Å². The number of aliphatic hydroxyl groups excluding tert-OH is 1. The van der Waals surface area contributed by atoms with Crippen molar-refractivity contribution in [1.29, 1.82) is 0 Å². The summed E-state index contributed by atoms with van der Waals surface area (Å²) in [6.45, 7) is -0.354. The monoisotopic (exact) mass is 381 g/mol. The van der Waals surface area contributed by atoms with Crippen LogP contribution in [0, 0.1) is 15.9 Å². The third-order valence-electron chi connectivity index (χ3n) is 3.74. The number of carbonyl (C=O) groups is 1. The summed E-state index contributed by atoms with van der Waals surface area (Å²) in [6.07, 6.45) is -1.14. The van der Waals surface area contributed by atoms with E-state index in [1.165, 1.54) is 24.3 Å². The molecule has 1 amide bonds. The van der Waals surface area contributed by atoms with Crippen molar-refractivity contribution < 1.29 is 24.0 Å². The summed E-state index contributed by atoms with van der Waals surface area (Å²) in [5.74, 6) is -0.876. The Kier molecular flexibility index (Phi) is 4.92. The van der Waals surface area contributed by atoms with Crippen LogP contribution in [-0.2, 0) is 4.79 Å². The Morgan fingerprint density at radius 3 is 2.88 bits per heavy atom. The predicted molar refractivity (Wildman–Crippen MR) is 92.1 cm³/mol. The Morgan fingerprint density at radius 2 is 2.19 bits per heavy atom. The fraction of sp³-hybridized carbons (Fsp3) is 0.188. The molecule has 1 aliphatic heterocycles. The SMILES string of the molecule is O=C1COc2cc([N+](=O)[O-])c(NCC(O)c3ccc(Cl)c(F)c3)cc2N1. The average Bonchev–Trinajstić information content (AvgIpc) is 2.60. The van der Waals surface area contributed by atoms with Crippen LogP contribution in [0.25, 0.3) is 0 Å². The highest BCUT2D eigenvalue weighted by molar-refractivity contribution is 6.30. The molecule has 3 N–H and O–H groups in total. The lowest BCUT2D eigenvalue weighted by Crippen LogP contribution is -2.25. The number of fused-ring (bicyclic) bond motifs is 1. The number of nitro groups is 1. The zero-order valence-corrected chi connectivity index (χ0v) is 13.9. The van der Waals surface area contributed by atoms with Gasteiger partial charge >= 0.3 is 0 Å². The van der Waals surface area contributed by atoms with Crippen molar-refractivity contribution in [3.05, 3.63) is 56.8 Å². The molecule has 8 nitrogen and oxygen atoms in total. The predicted octanol–water partition coefficient (Wildman–Crippen LogP) is 2.86. The highest BCUT2D eigenvalue weighted by atomic mass is 35.5. The number of anilines is 2. The minimum atomic E-state index is -1.14. The summed E-state index contributed by atoms with van der Waals surface area (Å²) in [7, 11) is 0. The number of hydrogen-bond donors (Lipinski definition) is 3. The molecule has 0 fully saturated rings. The molecule has 1 unspecified atom stereocenters. The van der Waals surface area contributed by atoms with E-state index in [1.54, 1.807) is 0 Å². The highest BCUT2D eigenvalue weighted by Gasteiger charge is 2.24. The van der Waals surface area contributed by atoms with E-state index < -0.39 is 16.8 Å². The van der Waals surface area contributed by atoms with Crippen molar-refractivity contribution in [2.24, 2.45) is 0 Å². The van der Waals surface area contributed by atoms with Gasteiger partial charge in [0, 0.05) is 6.54 Å². The number of carbonyl (C=O) groups excluding carboxylic acids is 1. The van der Waals surface area contributed by atoms with Crippen molar-refractivity contribution in [3.63, 3.8) is 0 Å². The number of nitrogens with zero attached hydrogens (tertiary/aromatic N) is 1. The largest absolute Gasteiger partial charge is 0.481 e. The lowest BCUT2D eigenvalue weighted by molar-refractivity contribution is -0.384. The van der Waals surface area contributed by atoms with Gasteiger partial charge in [-0.3, -0.25) is 14.9 Å². The fourth-order valence-corrected chi connectivity index (χ4v) is 2.57. The van der Waals surface area contributed by atoms with Gasteiger partial charge in [-0.15, -0.1) is 0 Å². The Morgan fingerprint density at radius 1 is 1.42 bits per heavy atom. The van der Waals surface area contributed by atoms with Crippen LogP contribution in [0.5, 0.6) is 5.75 Å². The van der Waals surface area contributed by atoms with Crippen LogP contribution in [0.1, 0.15) is 11.7 Å². The summed E-state index contributed by atoms with van der Waals surface area (Å²) < 4.78 is 18.6. The smallest absolute Gasteiger partial charge is 0.296 e. The van der Waals surface area contributed by atoms with Crippen LogP contribution < -0.4 is 15.4 Å². The van der Waals surface area contributed by atoms with Crippen LogP contribution in [0.15, 0.2) is 30.3 Å². The van der Waals surface area contributed by atoms with Gasteiger partial charge in [0.1, 0.15) is 11.5 Å². The number of benzene rings is 2. The molecule has 3 rings (SSSR count). The van der Waals surface area contributed by atoms with Gasteiger partial charge in [0.25, 0.3) is 11.6 Å².